The first-order valence-corrected chi connectivity index (χ1v) is 9.68. The van der Waals surface area contributed by atoms with Gasteiger partial charge >= 0.3 is 5.97 Å². The molecule has 0 bridgehead atoms. The third kappa shape index (κ3) is 5.29. The molecule has 6 nitrogen and oxygen atoms in total. The Hall–Kier alpha value is -1.89. The van der Waals surface area contributed by atoms with Gasteiger partial charge in [-0.2, -0.15) is 0 Å². The van der Waals surface area contributed by atoms with Gasteiger partial charge in [-0.3, -0.25) is 14.4 Å². The van der Waals surface area contributed by atoms with Gasteiger partial charge < -0.3 is 15.7 Å². The minimum Gasteiger partial charge on any atom is -0.481 e. The van der Waals surface area contributed by atoms with Crippen molar-refractivity contribution in [3.63, 3.8) is 0 Å². The maximum atomic E-state index is 12.8. The number of nitrogens with one attached hydrogen (secondary N) is 2. The van der Waals surface area contributed by atoms with E-state index in [1.165, 1.54) is 17.8 Å². The molecule has 1 aliphatic rings. The van der Waals surface area contributed by atoms with E-state index >= 15 is 0 Å². The predicted molar refractivity (Wildman–Crippen MR) is 98.3 cm³/mol. The Labute approximate surface area is 152 Å². The minimum absolute atomic E-state index is 0.0998. The zero-order chi connectivity index (χ0) is 18.4. The summed E-state index contributed by atoms with van der Waals surface area (Å²) < 4.78 is 0. The highest BCUT2D eigenvalue weighted by molar-refractivity contribution is 7.16. The molecule has 25 heavy (non-hydrogen) atoms. The normalized spacial score (nSPS) is 15.0. The van der Waals surface area contributed by atoms with Crippen LogP contribution in [0.1, 0.15) is 72.7 Å². The van der Waals surface area contributed by atoms with Crippen molar-refractivity contribution in [1.82, 2.24) is 5.32 Å². The van der Waals surface area contributed by atoms with Gasteiger partial charge in [0.05, 0.1) is 12.0 Å². The summed E-state index contributed by atoms with van der Waals surface area (Å²) in [4.78, 5) is 36.4. The fourth-order valence-electron chi connectivity index (χ4n) is 3.25. The molecule has 3 N–H and O–H groups in total. The second-order valence-electron chi connectivity index (χ2n) is 6.44. The molecule has 0 unspecified atom stereocenters. The molecule has 1 aromatic rings. The van der Waals surface area contributed by atoms with Crippen molar-refractivity contribution in [1.29, 1.82) is 0 Å². The van der Waals surface area contributed by atoms with Crippen LogP contribution in [0.4, 0.5) is 5.00 Å². The maximum Gasteiger partial charge on any atom is 0.303 e. The summed E-state index contributed by atoms with van der Waals surface area (Å²) in [5.41, 5.74) is 1.49. The van der Waals surface area contributed by atoms with E-state index in [4.69, 9.17) is 5.11 Å². The van der Waals surface area contributed by atoms with E-state index in [1.807, 2.05) is 13.8 Å². The zero-order valence-corrected chi connectivity index (χ0v) is 15.6. The smallest absolute Gasteiger partial charge is 0.303 e. The molecule has 1 aliphatic carbocycles. The van der Waals surface area contributed by atoms with Crippen molar-refractivity contribution in [3.8, 4) is 0 Å². The fourth-order valence-corrected chi connectivity index (χ4v) is 4.41. The molecule has 0 spiro atoms. The van der Waals surface area contributed by atoms with Gasteiger partial charge in [0.25, 0.3) is 5.91 Å². The molecule has 1 aromatic heterocycles. The van der Waals surface area contributed by atoms with Crippen molar-refractivity contribution in [2.24, 2.45) is 0 Å². The second kappa shape index (κ2) is 8.99. The monoisotopic (exact) mass is 366 g/mol. The van der Waals surface area contributed by atoms with Gasteiger partial charge in [-0.15, -0.1) is 11.3 Å². The van der Waals surface area contributed by atoms with Gasteiger partial charge in [-0.1, -0.05) is 26.2 Å². The Kier molecular flexibility index (Phi) is 6.99. The lowest BCUT2D eigenvalue weighted by Gasteiger charge is -2.23. The number of thiophene rings is 1. The lowest BCUT2D eigenvalue weighted by atomic mass is 9.95. The van der Waals surface area contributed by atoms with Crippen LogP contribution in [-0.4, -0.2) is 28.9 Å². The average Bonchev–Trinajstić information content (AvgIpc) is 2.89. The number of anilines is 1. The summed E-state index contributed by atoms with van der Waals surface area (Å²) in [6.07, 6.45) is 5.86. The summed E-state index contributed by atoms with van der Waals surface area (Å²) >= 11 is 1.38. The van der Waals surface area contributed by atoms with Gasteiger partial charge in [0, 0.05) is 17.3 Å². The Morgan fingerprint density at radius 1 is 1.16 bits per heavy atom. The lowest BCUT2D eigenvalue weighted by molar-refractivity contribution is -0.138. The van der Waals surface area contributed by atoms with Crippen LogP contribution in [0.2, 0.25) is 0 Å². The third-order valence-corrected chi connectivity index (χ3v) is 5.61. The number of hydrogen-bond acceptors (Lipinski definition) is 4. The molecule has 1 fully saturated rings. The molecule has 0 aliphatic heterocycles. The Bertz CT molecular complexity index is 648. The number of carbonyl (C=O) groups is 3. The van der Waals surface area contributed by atoms with Crippen LogP contribution in [0.3, 0.4) is 0 Å². The molecule has 0 saturated heterocycles. The second-order valence-corrected chi connectivity index (χ2v) is 7.67. The van der Waals surface area contributed by atoms with Crippen LogP contribution >= 0.6 is 11.3 Å². The SMILES string of the molecule is CCc1c(C)sc(NC(=O)CCC(=O)O)c1C(=O)NC1CCCCC1. The quantitative estimate of drug-likeness (QED) is 0.688. The van der Waals surface area contributed by atoms with E-state index in [0.29, 0.717) is 17.0 Å². The summed E-state index contributed by atoms with van der Waals surface area (Å²) in [6, 6.07) is 0.196. The van der Waals surface area contributed by atoms with Crippen molar-refractivity contribution >= 4 is 34.1 Å². The average molecular weight is 366 g/mol. The van der Waals surface area contributed by atoms with Gasteiger partial charge in [0.2, 0.25) is 5.91 Å². The third-order valence-electron chi connectivity index (χ3n) is 4.55. The predicted octanol–water partition coefficient (Wildman–Crippen LogP) is 3.48. The Balaban J connectivity index is 2.15. The van der Waals surface area contributed by atoms with Gasteiger partial charge in [-0.25, -0.2) is 0 Å². The maximum absolute atomic E-state index is 12.8. The number of carboxylic acids is 1. The first kappa shape index (κ1) is 19.4. The molecule has 0 aromatic carbocycles. The lowest BCUT2D eigenvalue weighted by Crippen LogP contribution is -2.36. The minimum atomic E-state index is -1.01. The van der Waals surface area contributed by atoms with Crippen molar-refractivity contribution in [3.05, 3.63) is 16.0 Å². The Morgan fingerprint density at radius 3 is 2.44 bits per heavy atom. The molecule has 2 amide bonds. The Morgan fingerprint density at radius 2 is 1.84 bits per heavy atom. The molecular formula is C18H26N2O4S. The summed E-state index contributed by atoms with van der Waals surface area (Å²) in [6.45, 7) is 3.93. The molecule has 0 radical (unpaired) electrons. The van der Waals surface area contributed by atoms with Crippen LogP contribution in [-0.2, 0) is 16.0 Å². The molecule has 1 saturated carbocycles. The van der Waals surface area contributed by atoms with Crippen molar-refractivity contribution in [2.45, 2.75) is 71.3 Å². The number of hydrogen-bond donors (Lipinski definition) is 3. The number of aryl methyl sites for hydroxylation is 1. The van der Waals surface area contributed by atoms with E-state index in [-0.39, 0.29) is 30.7 Å². The topological polar surface area (TPSA) is 95.5 Å². The first-order chi connectivity index (χ1) is 11.9. The van der Waals surface area contributed by atoms with Crippen LogP contribution in [0.15, 0.2) is 0 Å². The molecule has 2 rings (SSSR count). The molecule has 1 heterocycles. The highest BCUT2D eigenvalue weighted by Crippen LogP contribution is 2.34. The van der Waals surface area contributed by atoms with E-state index in [9.17, 15) is 14.4 Å². The van der Waals surface area contributed by atoms with Gasteiger partial charge in [-0.05, 0) is 31.7 Å². The highest BCUT2D eigenvalue weighted by Gasteiger charge is 2.25. The molecular weight excluding hydrogens is 340 g/mol. The molecule has 138 valence electrons. The summed E-state index contributed by atoms with van der Waals surface area (Å²) in [7, 11) is 0. The van der Waals surface area contributed by atoms with Crippen molar-refractivity contribution in [2.75, 3.05) is 5.32 Å². The zero-order valence-electron chi connectivity index (χ0n) is 14.8. The van der Waals surface area contributed by atoms with E-state index in [1.54, 1.807) is 0 Å². The number of amides is 2. The van der Waals surface area contributed by atoms with Crippen molar-refractivity contribution < 1.29 is 19.5 Å². The van der Waals surface area contributed by atoms with Crippen LogP contribution < -0.4 is 10.6 Å². The molecule has 0 atom stereocenters. The molecule has 7 heteroatoms. The summed E-state index contributed by atoms with van der Waals surface area (Å²) in [5, 5.41) is 15.1. The number of aliphatic carboxylic acids is 1. The fraction of sp³-hybridized carbons (Fsp3) is 0.611. The van der Waals surface area contributed by atoms with Crippen LogP contribution in [0.5, 0.6) is 0 Å². The largest absolute Gasteiger partial charge is 0.481 e. The standard InChI is InChI=1S/C18H26N2O4S/c1-3-13-11(2)25-18(20-14(21)9-10-15(22)23)16(13)17(24)19-12-7-5-4-6-8-12/h12H,3-10H2,1-2H3,(H,19,24)(H,20,21)(H,22,23). The number of carboxylic acid groups (broad SMARTS) is 1. The van der Waals surface area contributed by atoms with Gasteiger partial charge in [0.1, 0.15) is 5.00 Å². The van der Waals surface area contributed by atoms with E-state index in [2.05, 4.69) is 10.6 Å². The van der Waals surface area contributed by atoms with E-state index in [0.717, 1.165) is 36.1 Å². The van der Waals surface area contributed by atoms with Gasteiger partial charge in [0.15, 0.2) is 0 Å². The first-order valence-electron chi connectivity index (χ1n) is 8.87. The van der Waals surface area contributed by atoms with E-state index < -0.39 is 5.97 Å². The number of rotatable bonds is 7. The van der Waals surface area contributed by atoms with Crippen LogP contribution in [0.25, 0.3) is 0 Å². The summed E-state index contributed by atoms with van der Waals surface area (Å²) in [5.74, 6) is -1.53. The number of carbonyl (C=O) groups excluding carboxylic acids is 2. The highest BCUT2D eigenvalue weighted by atomic mass is 32.1. The van der Waals surface area contributed by atoms with Crippen LogP contribution in [0, 0.1) is 6.92 Å².